The Morgan fingerprint density at radius 3 is 2.72 bits per heavy atom. The number of hydrogen-bond acceptors (Lipinski definition) is 4. The molecule has 1 aromatic carbocycles. The van der Waals surface area contributed by atoms with Crippen LogP contribution in [0.2, 0.25) is 10.0 Å². The molecule has 0 spiro atoms. The van der Waals surface area contributed by atoms with E-state index in [1.807, 2.05) is 0 Å². The summed E-state index contributed by atoms with van der Waals surface area (Å²) < 4.78 is 4.81. The van der Waals surface area contributed by atoms with E-state index in [-0.39, 0.29) is 10.7 Å². The molecule has 0 atom stereocenters. The first-order valence-electron chi connectivity index (χ1n) is 4.96. The summed E-state index contributed by atoms with van der Waals surface area (Å²) in [6.45, 7) is 1.63. The van der Waals surface area contributed by atoms with E-state index in [4.69, 9.17) is 33.5 Å². The van der Waals surface area contributed by atoms with Gasteiger partial charge >= 0.3 is 0 Å². The Kier molecular flexibility index (Phi) is 3.45. The number of nitrogen functional groups attached to an aromatic ring is 1. The smallest absolute Gasteiger partial charge is 0.260 e. The molecule has 0 fully saturated rings. The lowest BCUT2D eigenvalue weighted by atomic mass is 10.2. The van der Waals surface area contributed by atoms with Gasteiger partial charge in [0.15, 0.2) is 0 Å². The second-order valence-electron chi connectivity index (χ2n) is 3.60. The normalized spacial score (nSPS) is 10.4. The van der Waals surface area contributed by atoms with Crippen molar-refractivity contribution in [2.24, 2.45) is 0 Å². The first-order chi connectivity index (χ1) is 8.49. The molecular weight excluding hydrogens is 277 g/mol. The third-order valence-corrected chi connectivity index (χ3v) is 2.84. The molecule has 2 aromatic rings. The van der Waals surface area contributed by atoms with E-state index < -0.39 is 5.91 Å². The molecule has 94 valence electrons. The summed E-state index contributed by atoms with van der Waals surface area (Å²) in [7, 11) is 0. The molecule has 0 saturated heterocycles. The van der Waals surface area contributed by atoms with Crippen molar-refractivity contribution in [3.63, 3.8) is 0 Å². The summed E-state index contributed by atoms with van der Waals surface area (Å²) in [6, 6.07) is 3.00. The summed E-state index contributed by atoms with van der Waals surface area (Å²) in [5.41, 5.74) is 6.66. The Morgan fingerprint density at radius 2 is 2.17 bits per heavy atom. The molecule has 0 unspecified atom stereocenters. The van der Waals surface area contributed by atoms with E-state index in [1.165, 1.54) is 18.3 Å². The number of carbonyl (C=O) groups excluding carboxylic acids is 1. The maximum atomic E-state index is 11.9. The van der Waals surface area contributed by atoms with Gasteiger partial charge < -0.3 is 15.6 Å². The molecule has 3 N–H and O–H groups in total. The van der Waals surface area contributed by atoms with Crippen LogP contribution in [0, 0.1) is 6.92 Å². The number of amides is 1. The number of aryl methyl sites for hydroxylation is 1. The van der Waals surface area contributed by atoms with Crippen molar-refractivity contribution in [2.45, 2.75) is 6.92 Å². The van der Waals surface area contributed by atoms with Crippen molar-refractivity contribution in [2.75, 3.05) is 11.1 Å². The number of benzene rings is 1. The van der Waals surface area contributed by atoms with Crippen LogP contribution in [-0.2, 0) is 0 Å². The zero-order valence-electron chi connectivity index (χ0n) is 9.33. The molecule has 0 bridgehead atoms. The Labute approximate surface area is 113 Å². The van der Waals surface area contributed by atoms with Gasteiger partial charge in [0.1, 0.15) is 11.3 Å². The lowest BCUT2D eigenvalue weighted by Gasteiger charge is -2.09. The number of nitrogens with one attached hydrogen (secondary N) is 1. The first-order valence-corrected chi connectivity index (χ1v) is 5.71. The van der Waals surface area contributed by atoms with Gasteiger partial charge in [0, 0.05) is 5.02 Å². The summed E-state index contributed by atoms with van der Waals surface area (Å²) >= 11 is 11.7. The van der Waals surface area contributed by atoms with Crippen molar-refractivity contribution in [3.8, 4) is 0 Å². The number of nitrogens with two attached hydrogens (primary N) is 1. The van der Waals surface area contributed by atoms with Crippen molar-refractivity contribution in [3.05, 3.63) is 39.7 Å². The minimum atomic E-state index is -0.398. The summed E-state index contributed by atoms with van der Waals surface area (Å²) in [6.07, 6.45) is 1.32. The molecule has 2 rings (SSSR count). The fourth-order valence-electron chi connectivity index (χ4n) is 1.42. The SMILES string of the molecule is Cc1oncc1C(=O)Nc1c(N)cc(Cl)cc1Cl. The predicted octanol–water partition coefficient (Wildman–Crippen LogP) is 3.12. The highest BCUT2D eigenvalue weighted by Crippen LogP contribution is 2.32. The van der Waals surface area contributed by atoms with Crippen LogP contribution in [0.15, 0.2) is 22.9 Å². The summed E-state index contributed by atoms with van der Waals surface area (Å²) in [4.78, 5) is 11.9. The molecule has 1 aromatic heterocycles. The lowest BCUT2D eigenvalue weighted by Crippen LogP contribution is -2.13. The van der Waals surface area contributed by atoms with Gasteiger partial charge in [0.05, 0.1) is 22.6 Å². The van der Waals surface area contributed by atoms with Crippen LogP contribution in [0.3, 0.4) is 0 Å². The largest absolute Gasteiger partial charge is 0.397 e. The van der Waals surface area contributed by atoms with Gasteiger partial charge in [0.25, 0.3) is 5.91 Å². The standard InChI is InChI=1S/C11H9Cl2N3O2/c1-5-7(4-15-18-5)11(17)16-10-8(13)2-6(12)3-9(10)14/h2-4H,14H2,1H3,(H,16,17). The molecule has 18 heavy (non-hydrogen) atoms. The number of anilines is 2. The van der Waals surface area contributed by atoms with Gasteiger partial charge in [-0.1, -0.05) is 28.4 Å². The Balaban J connectivity index is 2.31. The van der Waals surface area contributed by atoms with Crippen LogP contribution in [0.4, 0.5) is 11.4 Å². The maximum absolute atomic E-state index is 11.9. The van der Waals surface area contributed by atoms with Gasteiger partial charge in [-0.3, -0.25) is 4.79 Å². The maximum Gasteiger partial charge on any atom is 0.260 e. The molecule has 0 aliphatic heterocycles. The topological polar surface area (TPSA) is 81.2 Å². The van der Waals surface area contributed by atoms with Crippen molar-refractivity contribution >= 4 is 40.5 Å². The minimum absolute atomic E-state index is 0.266. The van der Waals surface area contributed by atoms with Crippen LogP contribution in [0.25, 0.3) is 0 Å². The second-order valence-corrected chi connectivity index (χ2v) is 4.45. The van der Waals surface area contributed by atoms with Crippen LogP contribution in [0.5, 0.6) is 0 Å². The Hall–Kier alpha value is -1.72. The van der Waals surface area contributed by atoms with Gasteiger partial charge in [-0.25, -0.2) is 0 Å². The quantitative estimate of drug-likeness (QED) is 0.831. The second kappa shape index (κ2) is 4.88. The fraction of sp³-hybridized carbons (Fsp3) is 0.0909. The van der Waals surface area contributed by atoms with E-state index in [9.17, 15) is 4.79 Å². The summed E-state index contributed by atoms with van der Waals surface area (Å²) in [5.74, 6) is 0.0147. The van der Waals surface area contributed by atoms with Crippen LogP contribution < -0.4 is 11.1 Å². The number of carbonyl (C=O) groups is 1. The van der Waals surface area contributed by atoms with Crippen molar-refractivity contribution in [1.82, 2.24) is 5.16 Å². The monoisotopic (exact) mass is 285 g/mol. The number of nitrogens with zero attached hydrogens (tertiary/aromatic N) is 1. The molecule has 5 nitrogen and oxygen atoms in total. The lowest BCUT2D eigenvalue weighted by molar-refractivity contribution is 0.102. The molecule has 0 aliphatic rings. The molecule has 1 heterocycles. The highest BCUT2D eigenvalue weighted by molar-refractivity contribution is 6.37. The van der Waals surface area contributed by atoms with E-state index in [2.05, 4.69) is 10.5 Å². The molecule has 1 amide bonds. The number of halogens is 2. The average Bonchev–Trinajstić information content (AvgIpc) is 2.69. The third-order valence-electron chi connectivity index (χ3n) is 2.32. The van der Waals surface area contributed by atoms with Gasteiger partial charge in [-0.2, -0.15) is 0 Å². The number of aromatic nitrogens is 1. The van der Waals surface area contributed by atoms with E-state index in [1.54, 1.807) is 6.92 Å². The fourth-order valence-corrected chi connectivity index (χ4v) is 1.98. The van der Waals surface area contributed by atoms with Gasteiger partial charge in [-0.05, 0) is 19.1 Å². The van der Waals surface area contributed by atoms with Crippen LogP contribution >= 0.6 is 23.2 Å². The zero-order valence-corrected chi connectivity index (χ0v) is 10.8. The first kappa shape index (κ1) is 12.7. The van der Waals surface area contributed by atoms with E-state index >= 15 is 0 Å². The minimum Gasteiger partial charge on any atom is -0.397 e. The number of rotatable bonds is 2. The van der Waals surface area contributed by atoms with E-state index in [0.717, 1.165) is 0 Å². The Bertz CT molecular complexity index is 587. The van der Waals surface area contributed by atoms with Crippen molar-refractivity contribution < 1.29 is 9.32 Å². The van der Waals surface area contributed by atoms with E-state index in [0.29, 0.717) is 22.0 Å². The number of hydrogen-bond donors (Lipinski definition) is 2. The molecule has 0 radical (unpaired) electrons. The highest BCUT2D eigenvalue weighted by Gasteiger charge is 2.16. The molecular formula is C11H9Cl2N3O2. The molecule has 0 aliphatic carbocycles. The summed E-state index contributed by atoms with van der Waals surface area (Å²) in [5, 5.41) is 6.78. The highest BCUT2D eigenvalue weighted by atomic mass is 35.5. The van der Waals surface area contributed by atoms with Gasteiger partial charge in [0.2, 0.25) is 0 Å². The Morgan fingerprint density at radius 1 is 1.44 bits per heavy atom. The van der Waals surface area contributed by atoms with Gasteiger partial charge in [-0.15, -0.1) is 0 Å². The zero-order chi connectivity index (χ0) is 13.3. The average molecular weight is 286 g/mol. The van der Waals surface area contributed by atoms with Crippen LogP contribution in [-0.4, -0.2) is 11.1 Å². The van der Waals surface area contributed by atoms with Crippen LogP contribution in [0.1, 0.15) is 16.1 Å². The predicted molar refractivity (Wildman–Crippen MR) is 70.1 cm³/mol. The molecule has 0 saturated carbocycles. The molecule has 7 heteroatoms. The van der Waals surface area contributed by atoms with Crippen molar-refractivity contribution in [1.29, 1.82) is 0 Å². The third kappa shape index (κ3) is 2.42.